The minimum Gasteiger partial charge on any atom is -0.0654 e. The van der Waals surface area contributed by atoms with Crippen LogP contribution in [0.25, 0.3) is 0 Å². The maximum atomic E-state index is 2.34. The summed E-state index contributed by atoms with van der Waals surface area (Å²) in [5.41, 5.74) is 3.25. The number of unbranched alkanes of at least 4 members (excludes halogenated alkanes) is 15. The number of benzene rings is 1. The third-order valence-electron chi connectivity index (χ3n) is 6.37. The van der Waals surface area contributed by atoms with Crippen molar-refractivity contribution in [2.45, 2.75) is 128 Å². The van der Waals surface area contributed by atoms with Crippen LogP contribution in [0.1, 0.15) is 133 Å². The van der Waals surface area contributed by atoms with Crippen molar-refractivity contribution in [1.82, 2.24) is 0 Å². The molecule has 0 radical (unpaired) electrons. The minimum atomic E-state index is 0.887. The number of hydrogen-bond donors (Lipinski definition) is 0. The molecule has 0 amide bonds. The molecule has 0 N–H and O–H groups in total. The molecule has 0 heterocycles. The van der Waals surface area contributed by atoms with Crippen molar-refractivity contribution >= 4 is 0 Å². The van der Waals surface area contributed by atoms with Crippen molar-refractivity contribution in [2.24, 2.45) is 0 Å². The highest BCUT2D eigenvalue weighted by Crippen LogP contribution is 2.38. The molecule has 0 bridgehead atoms. The fourth-order valence-electron chi connectivity index (χ4n) is 4.56. The summed E-state index contributed by atoms with van der Waals surface area (Å²) >= 11 is 0. The van der Waals surface area contributed by atoms with Crippen LogP contribution in [0.4, 0.5) is 0 Å². The van der Waals surface area contributed by atoms with Gasteiger partial charge in [0.05, 0.1) is 0 Å². The van der Waals surface area contributed by atoms with Crippen molar-refractivity contribution in [3.8, 4) is 0 Å². The molecule has 0 heteroatoms. The van der Waals surface area contributed by atoms with Gasteiger partial charge in [-0.3, -0.25) is 0 Å². The van der Waals surface area contributed by atoms with E-state index in [1.807, 2.05) is 0 Å². The Balaban J connectivity index is 1.26. The van der Waals surface area contributed by atoms with Crippen LogP contribution in [0.2, 0.25) is 0 Å². The van der Waals surface area contributed by atoms with E-state index in [0.717, 1.165) is 5.92 Å². The number of fused-ring (bicyclic) bond motifs is 1. The van der Waals surface area contributed by atoms with E-state index >= 15 is 0 Å². The van der Waals surface area contributed by atoms with E-state index in [-0.39, 0.29) is 0 Å². The first kappa shape index (κ1) is 21.5. The van der Waals surface area contributed by atoms with Gasteiger partial charge in [0.1, 0.15) is 0 Å². The lowest BCUT2D eigenvalue weighted by molar-refractivity contribution is 0.495. The second-order valence-electron chi connectivity index (χ2n) is 8.69. The van der Waals surface area contributed by atoms with E-state index in [1.165, 1.54) is 116 Å². The molecule has 2 rings (SSSR count). The first-order chi connectivity index (χ1) is 12.9. The van der Waals surface area contributed by atoms with Crippen LogP contribution in [-0.4, -0.2) is 0 Å². The van der Waals surface area contributed by atoms with Gasteiger partial charge in [-0.15, -0.1) is 0 Å². The van der Waals surface area contributed by atoms with Gasteiger partial charge < -0.3 is 0 Å². The third-order valence-corrected chi connectivity index (χ3v) is 6.37. The monoisotopic (exact) mass is 356 g/mol. The SMILES string of the molecule is CCCCCCCCCCCCCCCCCCC1Cc2ccccc21. The number of hydrogen-bond acceptors (Lipinski definition) is 0. The van der Waals surface area contributed by atoms with Gasteiger partial charge in [0.25, 0.3) is 0 Å². The van der Waals surface area contributed by atoms with Gasteiger partial charge in [0.15, 0.2) is 0 Å². The van der Waals surface area contributed by atoms with Crippen LogP contribution in [-0.2, 0) is 6.42 Å². The zero-order valence-electron chi connectivity index (χ0n) is 17.6. The van der Waals surface area contributed by atoms with Gasteiger partial charge in [-0.1, -0.05) is 134 Å². The summed E-state index contributed by atoms with van der Waals surface area (Å²) in [6.45, 7) is 2.30. The van der Waals surface area contributed by atoms with Crippen LogP contribution in [0.15, 0.2) is 24.3 Å². The molecule has 1 unspecified atom stereocenters. The van der Waals surface area contributed by atoms with Crippen LogP contribution >= 0.6 is 0 Å². The highest BCUT2D eigenvalue weighted by atomic mass is 14.3. The van der Waals surface area contributed by atoms with Crippen molar-refractivity contribution in [1.29, 1.82) is 0 Å². The highest BCUT2D eigenvalue weighted by Gasteiger charge is 2.24. The lowest BCUT2D eigenvalue weighted by atomic mass is 9.75. The van der Waals surface area contributed by atoms with E-state index in [9.17, 15) is 0 Å². The van der Waals surface area contributed by atoms with Crippen molar-refractivity contribution < 1.29 is 0 Å². The van der Waals surface area contributed by atoms with E-state index in [2.05, 4.69) is 31.2 Å². The van der Waals surface area contributed by atoms with E-state index in [1.54, 1.807) is 11.1 Å². The number of rotatable bonds is 17. The zero-order chi connectivity index (χ0) is 18.3. The Morgan fingerprint density at radius 2 is 1.08 bits per heavy atom. The molecule has 26 heavy (non-hydrogen) atoms. The molecule has 0 spiro atoms. The molecule has 1 aromatic rings. The summed E-state index contributed by atoms with van der Waals surface area (Å²) in [7, 11) is 0. The summed E-state index contributed by atoms with van der Waals surface area (Å²) < 4.78 is 0. The summed E-state index contributed by atoms with van der Waals surface area (Å²) in [5.74, 6) is 0.887. The molecule has 1 aromatic carbocycles. The quantitative estimate of drug-likeness (QED) is 0.244. The molecule has 0 saturated carbocycles. The molecule has 0 aliphatic heterocycles. The molecule has 1 atom stereocenters. The van der Waals surface area contributed by atoms with Gasteiger partial charge in [-0.05, 0) is 29.9 Å². The molecule has 0 aromatic heterocycles. The second kappa shape index (κ2) is 14.3. The molecule has 148 valence electrons. The van der Waals surface area contributed by atoms with Crippen LogP contribution < -0.4 is 0 Å². The molecule has 0 fully saturated rings. The molecule has 0 saturated heterocycles. The molecule has 1 aliphatic carbocycles. The lowest BCUT2D eigenvalue weighted by Gasteiger charge is -2.30. The summed E-state index contributed by atoms with van der Waals surface area (Å²) in [4.78, 5) is 0. The Bertz CT molecular complexity index is 447. The van der Waals surface area contributed by atoms with Gasteiger partial charge >= 0.3 is 0 Å². The predicted molar refractivity (Wildman–Crippen MR) is 117 cm³/mol. The maximum Gasteiger partial charge on any atom is -0.0119 e. The Kier molecular flexibility index (Phi) is 11.8. The standard InChI is InChI=1S/C26H44/c1-2-3-4-5-6-7-8-9-10-11-12-13-14-15-16-17-20-24-23-25-21-18-19-22-26(24)25/h18-19,21-22,24H,2-17,20,23H2,1H3. The molecule has 0 nitrogen and oxygen atoms in total. The second-order valence-corrected chi connectivity index (χ2v) is 8.69. The first-order valence-corrected chi connectivity index (χ1v) is 12.0. The smallest absolute Gasteiger partial charge is 0.0119 e. The average molecular weight is 357 g/mol. The van der Waals surface area contributed by atoms with Gasteiger partial charge in [-0.25, -0.2) is 0 Å². The normalized spacial score (nSPS) is 15.7. The molecular weight excluding hydrogens is 312 g/mol. The summed E-state index contributed by atoms with van der Waals surface area (Å²) in [6.07, 6.45) is 26.2. The van der Waals surface area contributed by atoms with Crippen molar-refractivity contribution in [3.05, 3.63) is 35.4 Å². The maximum absolute atomic E-state index is 2.34. The van der Waals surface area contributed by atoms with Gasteiger partial charge in [-0.2, -0.15) is 0 Å². The average Bonchev–Trinajstić information content (AvgIpc) is 2.64. The lowest BCUT2D eigenvalue weighted by Crippen LogP contribution is -2.16. The minimum absolute atomic E-state index is 0.887. The van der Waals surface area contributed by atoms with E-state index in [4.69, 9.17) is 0 Å². The van der Waals surface area contributed by atoms with Crippen LogP contribution in [0.5, 0.6) is 0 Å². The largest absolute Gasteiger partial charge is 0.0654 e. The topological polar surface area (TPSA) is 0 Å². The highest BCUT2D eigenvalue weighted by molar-refractivity contribution is 5.39. The summed E-state index contributed by atoms with van der Waals surface area (Å²) in [6, 6.07) is 9.04. The van der Waals surface area contributed by atoms with Crippen LogP contribution in [0.3, 0.4) is 0 Å². The summed E-state index contributed by atoms with van der Waals surface area (Å²) in [5, 5.41) is 0. The molecule has 1 aliphatic rings. The Labute approximate surface area is 164 Å². The predicted octanol–water partition coefficient (Wildman–Crippen LogP) is 8.98. The Hall–Kier alpha value is -0.780. The van der Waals surface area contributed by atoms with Crippen molar-refractivity contribution in [3.63, 3.8) is 0 Å². The van der Waals surface area contributed by atoms with E-state index < -0.39 is 0 Å². The zero-order valence-corrected chi connectivity index (χ0v) is 17.6. The fourth-order valence-corrected chi connectivity index (χ4v) is 4.56. The first-order valence-electron chi connectivity index (χ1n) is 12.0. The van der Waals surface area contributed by atoms with Gasteiger partial charge in [0, 0.05) is 0 Å². The van der Waals surface area contributed by atoms with Gasteiger partial charge in [0.2, 0.25) is 0 Å². The van der Waals surface area contributed by atoms with Crippen LogP contribution in [0, 0.1) is 0 Å². The van der Waals surface area contributed by atoms with Crippen molar-refractivity contribution in [2.75, 3.05) is 0 Å². The fraction of sp³-hybridized carbons (Fsp3) is 0.769. The Morgan fingerprint density at radius 1 is 0.615 bits per heavy atom. The third kappa shape index (κ3) is 8.74. The molecular formula is C26H44. The Morgan fingerprint density at radius 3 is 1.58 bits per heavy atom. The van der Waals surface area contributed by atoms with E-state index in [0.29, 0.717) is 0 Å².